The van der Waals surface area contributed by atoms with Crippen molar-refractivity contribution in [1.82, 2.24) is 20.0 Å². The summed E-state index contributed by atoms with van der Waals surface area (Å²) < 4.78 is 11.6. The molecule has 3 aromatic heterocycles. The summed E-state index contributed by atoms with van der Waals surface area (Å²) in [6.45, 7) is 3.71. The number of furan rings is 1. The maximum atomic E-state index is 6.08. The summed E-state index contributed by atoms with van der Waals surface area (Å²) in [5.41, 5.74) is 0.870. The third-order valence-corrected chi connectivity index (χ3v) is 5.31. The van der Waals surface area contributed by atoms with Crippen LogP contribution in [0.3, 0.4) is 0 Å². The molecule has 0 unspecified atom stereocenters. The molecular formula is C20H22N4O2. The van der Waals surface area contributed by atoms with Gasteiger partial charge in [-0.25, -0.2) is 0 Å². The minimum Gasteiger partial charge on any atom is -0.464 e. The molecule has 2 fully saturated rings. The zero-order chi connectivity index (χ0) is 17.5. The van der Waals surface area contributed by atoms with Gasteiger partial charge in [-0.1, -0.05) is 12.1 Å². The lowest BCUT2D eigenvalue weighted by Gasteiger charge is -2.18. The van der Waals surface area contributed by atoms with Gasteiger partial charge < -0.3 is 8.94 Å². The predicted octanol–water partition coefficient (Wildman–Crippen LogP) is 4.01. The Hall–Kier alpha value is -2.47. The molecule has 2 atom stereocenters. The van der Waals surface area contributed by atoms with Crippen molar-refractivity contribution in [2.45, 2.75) is 51.2 Å². The molecule has 3 aromatic rings. The van der Waals surface area contributed by atoms with Crippen LogP contribution in [0.1, 0.15) is 49.5 Å². The molecule has 5 rings (SSSR count). The quantitative estimate of drug-likeness (QED) is 0.641. The van der Waals surface area contributed by atoms with Crippen molar-refractivity contribution in [2.24, 2.45) is 5.92 Å². The molecule has 0 aromatic carbocycles. The maximum absolute atomic E-state index is 6.08. The van der Waals surface area contributed by atoms with Gasteiger partial charge in [0.05, 0.1) is 13.1 Å². The number of nitrogens with zero attached hydrogens (tertiary/aromatic N) is 4. The normalized spacial score (nSPS) is 22.1. The highest BCUT2D eigenvalue weighted by atomic mass is 16.5. The van der Waals surface area contributed by atoms with Crippen molar-refractivity contribution >= 4 is 0 Å². The maximum Gasteiger partial charge on any atom is 0.241 e. The third kappa shape index (κ3) is 3.29. The summed E-state index contributed by atoms with van der Waals surface area (Å²) in [4.78, 5) is 11.0. The minimum atomic E-state index is 0.581. The van der Waals surface area contributed by atoms with Gasteiger partial charge in [0, 0.05) is 29.9 Å². The van der Waals surface area contributed by atoms with Crippen LogP contribution in [0.4, 0.5) is 0 Å². The summed E-state index contributed by atoms with van der Waals surface area (Å²) in [5, 5.41) is 4.09. The number of pyridine rings is 1. The van der Waals surface area contributed by atoms with E-state index in [4.69, 9.17) is 8.94 Å². The zero-order valence-electron chi connectivity index (χ0n) is 14.8. The first-order valence-electron chi connectivity index (χ1n) is 9.32. The van der Waals surface area contributed by atoms with E-state index in [-0.39, 0.29) is 0 Å². The average molecular weight is 350 g/mol. The monoisotopic (exact) mass is 350 g/mol. The van der Waals surface area contributed by atoms with E-state index in [2.05, 4.69) is 39.1 Å². The second kappa shape index (κ2) is 6.36. The fraction of sp³-hybridized carbons (Fsp3) is 0.450. The summed E-state index contributed by atoms with van der Waals surface area (Å²) in [5.74, 6) is 4.78. The Morgan fingerprint density at radius 1 is 1.19 bits per heavy atom. The van der Waals surface area contributed by atoms with Gasteiger partial charge in [0.25, 0.3) is 0 Å². The second-order valence-electron chi connectivity index (χ2n) is 7.51. The molecule has 6 nitrogen and oxygen atoms in total. The van der Waals surface area contributed by atoms with Crippen LogP contribution < -0.4 is 0 Å². The van der Waals surface area contributed by atoms with Crippen LogP contribution in [0.2, 0.25) is 0 Å². The fourth-order valence-electron chi connectivity index (χ4n) is 3.46. The van der Waals surface area contributed by atoms with Crippen molar-refractivity contribution in [1.29, 1.82) is 0 Å². The van der Waals surface area contributed by atoms with Crippen molar-refractivity contribution < 1.29 is 8.94 Å². The molecule has 0 aliphatic heterocycles. The SMILES string of the molecule is C[C@H]1C[C@H]1c1ccc(CN(Cc2nc(-c3cccnc3)no2)C2CC2)o1. The first kappa shape index (κ1) is 15.8. The zero-order valence-corrected chi connectivity index (χ0v) is 14.8. The second-order valence-corrected chi connectivity index (χ2v) is 7.51. The fourth-order valence-corrected chi connectivity index (χ4v) is 3.46. The lowest BCUT2D eigenvalue weighted by molar-refractivity contribution is 0.194. The highest BCUT2D eigenvalue weighted by Crippen LogP contribution is 2.47. The van der Waals surface area contributed by atoms with Crippen LogP contribution in [0.5, 0.6) is 0 Å². The molecule has 6 heteroatoms. The Labute approximate surface area is 152 Å². The molecule has 0 spiro atoms. The van der Waals surface area contributed by atoms with E-state index in [0.717, 1.165) is 29.5 Å². The molecule has 0 N–H and O–H groups in total. The summed E-state index contributed by atoms with van der Waals surface area (Å²) in [7, 11) is 0. The van der Waals surface area contributed by atoms with E-state index < -0.39 is 0 Å². The van der Waals surface area contributed by atoms with Gasteiger partial charge in [-0.15, -0.1) is 0 Å². The van der Waals surface area contributed by atoms with Crippen molar-refractivity contribution in [3.05, 3.63) is 54.1 Å². The van der Waals surface area contributed by atoms with Crippen LogP contribution >= 0.6 is 0 Å². The highest BCUT2D eigenvalue weighted by molar-refractivity contribution is 5.51. The molecule has 0 saturated heterocycles. The van der Waals surface area contributed by atoms with Crippen molar-refractivity contribution in [3.63, 3.8) is 0 Å². The van der Waals surface area contributed by atoms with E-state index >= 15 is 0 Å². The molecule has 0 radical (unpaired) electrons. The van der Waals surface area contributed by atoms with Gasteiger partial charge in [0.1, 0.15) is 11.5 Å². The number of hydrogen-bond acceptors (Lipinski definition) is 6. The Morgan fingerprint density at radius 3 is 2.81 bits per heavy atom. The molecule has 2 aliphatic rings. The lowest BCUT2D eigenvalue weighted by Crippen LogP contribution is -2.25. The van der Waals surface area contributed by atoms with Gasteiger partial charge in [0.2, 0.25) is 11.7 Å². The lowest BCUT2D eigenvalue weighted by atomic mass is 10.3. The largest absolute Gasteiger partial charge is 0.464 e. The van der Waals surface area contributed by atoms with E-state index in [1.165, 1.54) is 19.3 Å². The summed E-state index contributed by atoms with van der Waals surface area (Å²) in [6.07, 6.45) is 7.17. The molecule has 3 heterocycles. The Morgan fingerprint density at radius 2 is 2.08 bits per heavy atom. The van der Waals surface area contributed by atoms with Crippen molar-refractivity contribution in [3.8, 4) is 11.4 Å². The molecule has 0 amide bonds. The molecule has 2 aliphatic carbocycles. The van der Waals surface area contributed by atoms with Crippen LogP contribution in [0, 0.1) is 5.92 Å². The van der Waals surface area contributed by atoms with Gasteiger partial charge in [-0.05, 0) is 49.4 Å². The molecule has 134 valence electrons. The van der Waals surface area contributed by atoms with E-state index in [0.29, 0.717) is 30.2 Å². The van der Waals surface area contributed by atoms with Crippen LogP contribution in [-0.4, -0.2) is 26.1 Å². The Balaban J connectivity index is 1.28. The van der Waals surface area contributed by atoms with E-state index in [1.807, 2.05) is 12.1 Å². The third-order valence-electron chi connectivity index (χ3n) is 5.31. The average Bonchev–Trinajstić information content (AvgIpc) is 3.54. The van der Waals surface area contributed by atoms with Gasteiger partial charge in [-0.3, -0.25) is 9.88 Å². The number of aromatic nitrogens is 3. The van der Waals surface area contributed by atoms with Crippen LogP contribution in [-0.2, 0) is 13.1 Å². The topological polar surface area (TPSA) is 68.2 Å². The first-order chi connectivity index (χ1) is 12.8. The van der Waals surface area contributed by atoms with E-state index in [9.17, 15) is 0 Å². The van der Waals surface area contributed by atoms with Crippen LogP contribution in [0.25, 0.3) is 11.4 Å². The van der Waals surface area contributed by atoms with Gasteiger partial charge >= 0.3 is 0 Å². The first-order valence-corrected chi connectivity index (χ1v) is 9.32. The number of rotatable bonds is 7. The highest BCUT2D eigenvalue weighted by Gasteiger charge is 2.37. The molecule has 0 bridgehead atoms. The summed E-state index contributed by atoms with van der Waals surface area (Å²) in [6, 6.07) is 8.64. The Bertz CT molecular complexity index is 884. The Kier molecular flexibility index (Phi) is 3.85. The number of hydrogen-bond donors (Lipinski definition) is 0. The summed E-state index contributed by atoms with van der Waals surface area (Å²) >= 11 is 0. The molecule has 2 saturated carbocycles. The smallest absolute Gasteiger partial charge is 0.241 e. The van der Waals surface area contributed by atoms with Crippen LogP contribution in [0.15, 0.2) is 45.6 Å². The van der Waals surface area contributed by atoms with Gasteiger partial charge in [0.15, 0.2) is 0 Å². The molecular weight excluding hydrogens is 328 g/mol. The minimum absolute atomic E-state index is 0.581. The molecule has 26 heavy (non-hydrogen) atoms. The van der Waals surface area contributed by atoms with Crippen molar-refractivity contribution in [2.75, 3.05) is 0 Å². The van der Waals surface area contributed by atoms with Gasteiger partial charge in [-0.2, -0.15) is 4.98 Å². The standard InChI is InChI=1S/C20H22N4O2/c1-13-9-17(13)18-7-6-16(25-18)11-24(15-4-5-15)12-19-22-20(23-26-19)14-3-2-8-21-10-14/h2-3,6-8,10,13,15,17H,4-5,9,11-12H2,1H3/t13-,17+/m0/s1. The predicted molar refractivity (Wildman–Crippen MR) is 95.0 cm³/mol. The van der Waals surface area contributed by atoms with E-state index in [1.54, 1.807) is 12.4 Å².